The van der Waals surface area contributed by atoms with Gasteiger partial charge in [0.2, 0.25) is 0 Å². The lowest BCUT2D eigenvalue weighted by Crippen LogP contribution is -2.62. The number of fused-ring (bicyclic) bond motifs is 5. The third-order valence-electron chi connectivity index (χ3n) is 16.9. The molecule has 4 heteroatoms. The Bertz CT molecular complexity index is 3600. The quantitative estimate of drug-likeness (QED) is 0.147. The van der Waals surface area contributed by atoms with E-state index >= 15 is 0 Å². The van der Waals surface area contributed by atoms with Gasteiger partial charge in [-0.25, -0.2) is 0 Å². The second-order valence-corrected chi connectivity index (χ2v) is 25.0. The third kappa shape index (κ3) is 8.29. The fraction of sp³-hybridized carbons (Fsp3) is 0.239. The third-order valence-corrected chi connectivity index (χ3v) is 16.9. The lowest BCUT2D eigenvalue weighted by Gasteiger charge is -2.48. The fourth-order valence-corrected chi connectivity index (χ4v) is 12.5. The Kier molecular flexibility index (Phi) is 11.5. The monoisotopic (exact) mass is 976 g/mol. The molecule has 12 rings (SSSR count). The summed E-state index contributed by atoms with van der Waals surface area (Å²) in [4.78, 5) is 7.75. The number of benzene rings is 9. The van der Waals surface area contributed by atoms with E-state index < -0.39 is 0 Å². The summed E-state index contributed by atoms with van der Waals surface area (Å²) in [6.45, 7) is 26.3. The van der Waals surface area contributed by atoms with E-state index in [2.05, 4.69) is 291 Å². The van der Waals surface area contributed by atoms with Crippen LogP contribution in [0.25, 0.3) is 22.3 Å². The molecule has 3 aliphatic rings. The van der Waals surface area contributed by atoms with Gasteiger partial charge < -0.3 is 14.7 Å². The zero-order valence-corrected chi connectivity index (χ0v) is 45.9. The van der Waals surface area contributed by atoms with Gasteiger partial charge in [-0.05, 0) is 181 Å². The van der Waals surface area contributed by atoms with Gasteiger partial charge in [0.1, 0.15) is 0 Å². The molecule has 9 aromatic rings. The lowest BCUT2D eigenvalue weighted by molar-refractivity contribution is 0.332. The van der Waals surface area contributed by atoms with Crippen molar-refractivity contribution in [1.29, 1.82) is 0 Å². The van der Waals surface area contributed by atoms with Crippen molar-refractivity contribution in [2.75, 3.05) is 14.7 Å². The van der Waals surface area contributed by atoms with E-state index in [0.29, 0.717) is 0 Å². The highest BCUT2D eigenvalue weighted by molar-refractivity contribution is 7.00. The van der Waals surface area contributed by atoms with Crippen molar-refractivity contribution in [3.05, 3.63) is 228 Å². The molecule has 75 heavy (non-hydrogen) atoms. The second kappa shape index (κ2) is 17.8. The Balaban J connectivity index is 1.22. The molecule has 0 unspecified atom stereocenters. The number of anilines is 9. The molecular weight excluding hydrogens is 906 g/mol. The summed E-state index contributed by atoms with van der Waals surface area (Å²) >= 11 is 0. The summed E-state index contributed by atoms with van der Waals surface area (Å²) in [5.41, 5.74) is 26.2. The summed E-state index contributed by atoms with van der Waals surface area (Å²) < 4.78 is 0. The molecule has 0 N–H and O–H groups in total. The summed E-state index contributed by atoms with van der Waals surface area (Å²) in [5, 5.41) is 0. The Morgan fingerprint density at radius 2 is 0.907 bits per heavy atom. The van der Waals surface area contributed by atoms with E-state index in [0.717, 1.165) is 29.9 Å². The largest absolute Gasteiger partial charge is 0.311 e. The van der Waals surface area contributed by atoms with E-state index in [1.54, 1.807) is 0 Å². The minimum atomic E-state index is -0.176. The highest BCUT2D eigenvalue weighted by Gasteiger charge is 2.47. The number of nitrogens with zero attached hydrogens (tertiary/aromatic N) is 3. The van der Waals surface area contributed by atoms with Crippen LogP contribution in [0.5, 0.6) is 0 Å². The average molecular weight is 976 g/mol. The van der Waals surface area contributed by atoms with Gasteiger partial charge in [0.05, 0.1) is 5.69 Å². The van der Waals surface area contributed by atoms with Gasteiger partial charge in [-0.1, -0.05) is 191 Å². The SMILES string of the molecule is Cc1cc(-c2ccccc2)ccc1N1c2cc(N(c3ccccc3)c3ccccc3)ccc2B2c3cc4c(cc3N(c3ccc(C(C)(C)C)cc3-c3ccccc3)c3cc(C(C)(C)C)cc1c32)C(C)(C)CCC4(C)C. The smallest absolute Gasteiger partial charge is 0.252 e. The summed E-state index contributed by atoms with van der Waals surface area (Å²) in [6, 6.07) is 75.8. The van der Waals surface area contributed by atoms with Crippen molar-refractivity contribution in [2.45, 2.75) is 111 Å². The number of para-hydroxylation sites is 2. The number of aryl methyl sites for hydroxylation is 1. The van der Waals surface area contributed by atoms with Crippen LogP contribution in [-0.2, 0) is 21.7 Å². The van der Waals surface area contributed by atoms with Gasteiger partial charge in [0.15, 0.2) is 0 Å². The minimum Gasteiger partial charge on any atom is -0.311 e. The van der Waals surface area contributed by atoms with Crippen LogP contribution in [0.2, 0.25) is 0 Å². The summed E-state index contributed by atoms with van der Waals surface area (Å²) in [7, 11) is 0. The molecule has 0 aromatic heterocycles. The Morgan fingerprint density at radius 3 is 1.47 bits per heavy atom. The molecule has 0 spiro atoms. The van der Waals surface area contributed by atoms with Crippen molar-refractivity contribution in [3.63, 3.8) is 0 Å². The first-order valence-electron chi connectivity index (χ1n) is 27.3. The van der Waals surface area contributed by atoms with Gasteiger partial charge in [0, 0.05) is 51.1 Å². The van der Waals surface area contributed by atoms with Gasteiger partial charge in [-0.2, -0.15) is 0 Å². The van der Waals surface area contributed by atoms with Crippen molar-refractivity contribution >= 4 is 74.3 Å². The molecule has 0 atom stereocenters. The fourth-order valence-electron chi connectivity index (χ4n) is 12.5. The van der Waals surface area contributed by atoms with E-state index in [1.165, 1.54) is 101 Å². The van der Waals surface area contributed by atoms with E-state index in [4.69, 9.17) is 0 Å². The summed E-state index contributed by atoms with van der Waals surface area (Å²) in [6.07, 6.45) is 2.28. The average Bonchev–Trinajstić information content (AvgIpc) is 3.41. The Labute approximate surface area is 447 Å². The Morgan fingerprint density at radius 1 is 0.400 bits per heavy atom. The molecule has 0 saturated carbocycles. The first-order chi connectivity index (χ1) is 35.9. The van der Waals surface area contributed by atoms with Crippen molar-refractivity contribution < 1.29 is 0 Å². The first kappa shape index (κ1) is 48.4. The van der Waals surface area contributed by atoms with Gasteiger partial charge in [-0.15, -0.1) is 0 Å². The molecule has 3 nitrogen and oxygen atoms in total. The van der Waals surface area contributed by atoms with E-state index in [-0.39, 0.29) is 28.4 Å². The van der Waals surface area contributed by atoms with Crippen molar-refractivity contribution in [2.24, 2.45) is 0 Å². The molecule has 0 bridgehead atoms. The maximum atomic E-state index is 2.70. The molecule has 372 valence electrons. The molecule has 2 heterocycles. The van der Waals surface area contributed by atoms with Crippen LogP contribution in [0, 0.1) is 6.92 Å². The molecule has 0 amide bonds. The predicted octanol–water partition coefficient (Wildman–Crippen LogP) is 17.8. The highest BCUT2D eigenvalue weighted by atomic mass is 15.2. The number of hydrogen-bond acceptors (Lipinski definition) is 3. The van der Waals surface area contributed by atoms with E-state index in [9.17, 15) is 0 Å². The van der Waals surface area contributed by atoms with Crippen molar-refractivity contribution in [1.82, 2.24) is 0 Å². The standard InChI is InChI=1S/C71H70BN3/c1-47-40-50(48-24-16-12-17-25-48)32-36-61(47)74-63-44-55(73(53-28-20-14-21-29-53)54-30-22-15-23-31-54)34-35-59(63)72-60-45-57-58(71(10,11)39-38-70(57,8)9)46-64(60)75(66-43-52(69(5,6)7)42-65(74)67(66)72)62-37-33-51(68(2,3)4)41-56(62)49-26-18-13-19-27-49/h12-37,40-46H,38-39H2,1-11H3. The minimum absolute atomic E-state index is 0.000544. The zero-order chi connectivity index (χ0) is 52.2. The molecule has 0 fully saturated rings. The maximum absolute atomic E-state index is 2.70. The van der Waals surface area contributed by atoms with Crippen LogP contribution < -0.4 is 31.1 Å². The zero-order valence-electron chi connectivity index (χ0n) is 45.9. The van der Waals surface area contributed by atoms with Crippen LogP contribution >= 0.6 is 0 Å². The lowest BCUT2D eigenvalue weighted by atomic mass is 9.33. The van der Waals surface area contributed by atoms with Crippen LogP contribution in [0.15, 0.2) is 200 Å². The molecule has 0 radical (unpaired) electrons. The van der Waals surface area contributed by atoms with Crippen LogP contribution in [0.1, 0.15) is 110 Å². The predicted molar refractivity (Wildman–Crippen MR) is 323 cm³/mol. The number of hydrogen-bond donors (Lipinski definition) is 0. The van der Waals surface area contributed by atoms with Gasteiger partial charge in [-0.3, -0.25) is 0 Å². The van der Waals surface area contributed by atoms with Gasteiger partial charge in [0.25, 0.3) is 6.71 Å². The molecule has 9 aromatic carbocycles. The van der Waals surface area contributed by atoms with Crippen LogP contribution in [-0.4, -0.2) is 6.71 Å². The highest BCUT2D eigenvalue weighted by Crippen LogP contribution is 2.53. The second-order valence-electron chi connectivity index (χ2n) is 25.0. The van der Waals surface area contributed by atoms with Crippen LogP contribution in [0.4, 0.5) is 51.2 Å². The topological polar surface area (TPSA) is 9.72 Å². The van der Waals surface area contributed by atoms with Crippen LogP contribution in [0.3, 0.4) is 0 Å². The van der Waals surface area contributed by atoms with E-state index in [1.807, 2.05) is 0 Å². The molecule has 0 saturated heterocycles. The van der Waals surface area contributed by atoms with Crippen molar-refractivity contribution in [3.8, 4) is 22.3 Å². The van der Waals surface area contributed by atoms with Gasteiger partial charge >= 0.3 is 0 Å². The molecule has 2 aliphatic heterocycles. The molecular formula is C71H70BN3. The maximum Gasteiger partial charge on any atom is 0.252 e. The first-order valence-corrected chi connectivity index (χ1v) is 27.3. The molecule has 1 aliphatic carbocycles. The normalized spacial score (nSPS) is 15.2. The summed E-state index contributed by atoms with van der Waals surface area (Å²) in [5.74, 6) is 0. The number of rotatable bonds is 7. The Hall–Kier alpha value is -7.56.